The largest absolute Gasteiger partial charge is 0.459 e. The van der Waals surface area contributed by atoms with Gasteiger partial charge in [-0.2, -0.15) is 0 Å². The van der Waals surface area contributed by atoms with Crippen LogP contribution in [0.25, 0.3) is 0 Å². The maximum Gasteiger partial charge on any atom is 0.411 e. The molecule has 1 aliphatic heterocycles. The third-order valence-electron chi connectivity index (χ3n) is 3.24. The van der Waals surface area contributed by atoms with Gasteiger partial charge in [-0.05, 0) is 46.5 Å². The molecule has 0 spiro atoms. The number of hydrogen-bond acceptors (Lipinski definition) is 4. The molecule has 5 nitrogen and oxygen atoms in total. The third kappa shape index (κ3) is 5.70. The Bertz CT molecular complexity index is 436. The molecule has 1 aliphatic rings. The molecule has 5 heteroatoms. The lowest BCUT2D eigenvalue weighted by Gasteiger charge is -2.39. The lowest BCUT2D eigenvalue weighted by Crippen LogP contribution is -2.56. The molecule has 0 aromatic heterocycles. The van der Waals surface area contributed by atoms with Crippen LogP contribution in [0.5, 0.6) is 0 Å². The van der Waals surface area contributed by atoms with Crippen LogP contribution < -0.4 is 0 Å². The lowest BCUT2D eigenvalue weighted by molar-refractivity contribution is -0.166. The van der Waals surface area contributed by atoms with E-state index >= 15 is 0 Å². The Labute approximate surface area is 133 Å². The molecule has 1 saturated heterocycles. The van der Waals surface area contributed by atoms with E-state index in [0.29, 0.717) is 18.9 Å². The van der Waals surface area contributed by atoms with Crippen LogP contribution in [0.2, 0.25) is 0 Å². The fourth-order valence-corrected chi connectivity index (χ4v) is 2.45. The summed E-state index contributed by atoms with van der Waals surface area (Å²) in [7, 11) is 0. The topological polar surface area (TPSA) is 55.8 Å². The molecule has 2 atom stereocenters. The zero-order valence-corrected chi connectivity index (χ0v) is 14.6. The number of morpholine rings is 1. The van der Waals surface area contributed by atoms with Crippen molar-refractivity contribution < 1.29 is 19.1 Å². The van der Waals surface area contributed by atoms with Crippen molar-refractivity contribution in [3.63, 3.8) is 0 Å². The number of hydrogen-bond donors (Lipinski definition) is 0. The zero-order chi connectivity index (χ0) is 17.1. The van der Waals surface area contributed by atoms with Crippen LogP contribution in [0, 0.1) is 5.92 Å². The molecular formula is C17H29NO4. The second-order valence-electron chi connectivity index (χ2n) is 7.50. The number of amides is 1. The monoisotopic (exact) mass is 311 g/mol. The number of ether oxygens (including phenoxy) is 2. The van der Waals surface area contributed by atoms with Gasteiger partial charge in [0.25, 0.3) is 0 Å². The summed E-state index contributed by atoms with van der Waals surface area (Å²) in [6.07, 6.45) is 0.377. The first-order valence-electron chi connectivity index (χ1n) is 7.84. The first-order valence-corrected chi connectivity index (χ1v) is 7.84. The quantitative estimate of drug-likeness (QED) is 0.589. The van der Waals surface area contributed by atoms with Crippen molar-refractivity contribution in [2.24, 2.45) is 5.92 Å². The summed E-state index contributed by atoms with van der Waals surface area (Å²) < 4.78 is 10.9. The number of carbonyl (C=O) groups is 2. The Hall–Kier alpha value is -1.52. The standard InChI is InChI=1S/C17H29NO4/c1-11(2)8-13-10-18(16(20)22-17(5,6)7)14(9-12(3)4)15(19)21-13/h11,13-14H,3,8-10H2,1-2,4-7H3/t13-,14-/m0/s1. The van der Waals surface area contributed by atoms with Gasteiger partial charge in [0, 0.05) is 0 Å². The molecule has 0 unspecified atom stereocenters. The average molecular weight is 311 g/mol. The summed E-state index contributed by atoms with van der Waals surface area (Å²) in [5.74, 6) is 0.0155. The smallest absolute Gasteiger partial charge is 0.411 e. The van der Waals surface area contributed by atoms with E-state index in [1.807, 2.05) is 27.7 Å². The SMILES string of the molecule is C=C(C)C[C@H]1C(=O)O[C@@H](CC(C)C)CN1C(=O)OC(C)(C)C. The molecule has 126 valence electrons. The third-order valence-corrected chi connectivity index (χ3v) is 3.24. The summed E-state index contributed by atoms with van der Waals surface area (Å²) in [5.41, 5.74) is 0.234. The van der Waals surface area contributed by atoms with E-state index < -0.39 is 17.7 Å². The van der Waals surface area contributed by atoms with Crippen LogP contribution in [0.4, 0.5) is 4.79 Å². The van der Waals surface area contributed by atoms with Gasteiger partial charge >= 0.3 is 12.1 Å². The van der Waals surface area contributed by atoms with Crippen molar-refractivity contribution in [2.45, 2.75) is 72.1 Å². The maximum absolute atomic E-state index is 12.4. The molecule has 0 aliphatic carbocycles. The van der Waals surface area contributed by atoms with E-state index in [-0.39, 0.29) is 12.1 Å². The van der Waals surface area contributed by atoms with E-state index in [0.717, 1.165) is 12.0 Å². The molecule has 1 heterocycles. The molecule has 0 N–H and O–H groups in total. The number of esters is 1. The lowest BCUT2D eigenvalue weighted by atomic mass is 10.0. The van der Waals surface area contributed by atoms with Gasteiger partial charge < -0.3 is 9.47 Å². The number of carbonyl (C=O) groups excluding carboxylic acids is 2. The van der Waals surface area contributed by atoms with Crippen LogP contribution in [0.3, 0.4) is 0 Å². The molecule has 0 radical (unpaired) electrons. The van der Waals surface area contributed by atoms with E-state index in [4.69, 9.17) is 9.47 Å². The summed E-state index contributed by atoms with van der Waals surface area (Å²) in [5, 5.41) is 0. The Morgan fingerprint density at radius 2 is 2.05 bits per heavy atom. The van der Waals surface area contributed by atoms with Gasteiger partial charge in [-0.1, -0.05) is 19.4 Å². The highest BCUT2D eigenvalue weighted by molar-refractivity contribution is 5.83. The van der Waals surface area contributed by atoms with Crippen LogP contribution in [-0.4, -0.2) is 41.3 Å². The highest BCUT2D eigenvalue weighted by atomic mass is 16.6. The molecular weight excluding hydrogens is 282 g/mol. The minimum absolute atomic E-state index is 0.276. The molecule has 1 fully saturated rings. The molecule has 0 bridgehead atoms. The predicted molar refractivity (Wildman–Crippen MR) is 85.5 cm³/mol. The van der Waals surface area contributed by atoms with Gasteiger partial charge in [0.15, 0.2) is 0 Å². The minimum atomic E-state index is -0.643. The molecule has 0 aromatic carbocycles. The number of rotatable bonds is 4. The summed E-state index contributed by atoms with van der Waals surface area (Å²) >= 11 is 0. The molecule has 0 saturated carbocycles. The first-order chi connectivity index (χ1) is 9.99. The van der Waals surface area contributed by atoms with Gasteiger partial charge in [0.1, 0.15) is 17.7 Å². The normalized spacial score (nSPS) is 22.5. The predicted octanol–water partition coefficient (Wildman–Crippen LogP) is 3.53. The van der Waals surface area contributed by atoms with Crippen LogP contribution >= 0.6 is 0 Å². The number of cyclic esters (lactones) is 1. The fraction of sp³-hybridized carbons (Fsp3) is 0.765. The van der Waals surface area contributed by atoms with Gasteiger partial charge in [-0.25, -0.2) is 9.59 Å². The highest BCUT2D eigenvalue weighted by Gasteiger charge is 2.40. The van der Waals surface area contributed by atoms with Gasteiger partial charge in [0.2, 0.25) is 0 Å². The van der Waals surface area contributed by atoms with Gasteiger partial charge in [-0.3, -0.25) is 4.90 Å². The number of nitrogens with zero attached hydrogens (tertiary/aromatic N) is 1. The van der Waals surface area contributed by atoms with Crippen molar-refractivity contribution >= 4 is 12.1 Å². The second kappa shape index (κ2) is 7.16. The Morgan fingerprint density at radius 1 is 1.45 bits per heavy atom. The molecule has 22 heavy (non-hydrogen) atoms. The zero-order valence-electron chi connectivity index (χ0n) is 14.6. The Kier molecular flexibility index (Phi) is 6.03. The van der Waals surface area contributed by atoms with Crippen LogP contribution in [0.1, 0.15) is 54.4 Å². The van der Waals surface area contributed by atoms with Gasteiger partial charge in [-0.15, -0.1) is 6.58 Å². The Morgan fingerprint density at radius 3 is 2.50 bits per heavy atom. The van der Waals surface area contributed by atoms with E-state index in [1.54, 1.807) is 0 Å². The van der Waals surface area contributed by atoms with E-state index in [1.165, 1.54) is 4.90 Å². The van der Waals surface area contributed by atoms with Crippen LogP contribution in [0.15, 0.2) is 12.2 Å². The summed E-state index contributed by atoms with van der Waals surface area (Å²) in [4.78, 5) is 26.2. The van der Waals surface area contributed by atoms with Crippen molar-refractivity contribution in [3.8, 4) is 0 Å². The molecule has 0 aromatic rings. The average Bonchev–Trinajstić information content (AvgIpc) is 2.28. The van der Waals surface area contributed by atoms with Crippen molar-refractivity contribution in [1.29, 1.82) is 0 Å². The molecule has 1 amide bonds. The second-order valence-corrected chi connectivity index (χ2v) is 7.50. The first kappa shape index (κ1) is 18.5. The van der Waals surface area contributed by atoms with Crippen molar-refractivity contribution in [1.82, 2.24) is 4.90 Å². The van der Waals surface area contributed by atoms with Crippen LogP contribution in [-0.2, 0) is 14.3 Å². The summed E-state index contributed by atoms with van der Waals surface area (Å²) in [6.45, 7) is 15.6. The van der Waals surface area contributed by atoms with E-state index in [9.17, 15) is 9.59 Å². The van der Waals surface area contributed by atoms with Crippen molar-refractivity contribution in [3.05, 3.63) is 12.2 Å². The maximum atomic E-state index is 12.4. The highest BCUT2D eigenvalue weighted by Crippen LogP contribution is 2.24. The molecule has 1 rings (SSSR count). The minimum Gasteiger partial charge on any atom is -0.459 e. The summed E-state index contributed by atoms with van der Waals surface area (Å²) in [6, 6.07) is -0.643. The fourth-order valence-electron chi connectivity index (χ4n) is 2.45. The Balaban J connectivity index is 2.93. The van der Waals surface area contributed by atoms with Gasteiger partial charge in [0.05, 0.1) is 6.54 Å². The van der Waals surface area contributed by atoms with Crippen molar-refractivity contribution in [2.75, 3.05) is 6.54 Å². The van der Waals surface area contributed by atoms with E-state index in [2.05, 4.69) is 20.4 Å².